The van der Waals surface area contributed by atoms with Crippen molar-refractivity contribution in [3.63, 3.8) is 0 Å². The van der Waals surface area contributed by atoms with E-state index in [2.05, 4.69) is 10.3 Å². The van der Waals surface area contributed by atoms with Crippen molar-refractivity contribution in [2.24, 2.45) is 0 Å². The van der Waals surface area contributed by atoms with E-state index in [9.17, 15) is 0 Å². The second kappa shape index (κ2) is 4.31. The third kappa shape index (κ3) is 1.94. The molecule has 0 saturated heterocycles. The van der Waals surface area contributed by atoms with E-state index in [1.165, 1.54) is 0 Å². The molecule has 2 heterocycles. The summed E-state index contributed by atoms with van der Waals surface area (Å²) < 4.78 is 1.97. The van der Waals surface area contributed by atoms with Crippen LogP contribution < -0.4 is 5.32 Å². The molecular formula is C11H15N3O. The average Bonchev–Trinajstić information content (AvgIpc) is 2.74. The van der Waals surface area contributed by atoms with Crippen molar-refractivity contribution < 1.29 is 5.11 Å². The summed E-state index contributed by atoms with van der Waals surface area (Å²) in [6.07, 6.45) is 4.56. The topological polar surface area (TPSA) is 49.6 Å². The second-order valence-electron chi connectivity index (χ2n) is 3.50. The van der Waals surface area contributed by atoms with Crippen molar-refractivity contribution >= 4 is 11.5 Å². The minimum atomic E-state index is 0.0954. The fourth-order valence-corrected chi connectivity index (χ4v) is 1.55. The summed E-state index contributed by atoms with van der Waals surface area (Å²) >= 11 is 0. The average molecular weight is 205 g/mol. The van der Waals surface area contributed by atoms with Gasteiger partial charge in [-0.25, -0.2) is 4.98 Å². The van der Waals surface area contributed by atoms with Gasteiger partial charge in [-0.2, -0.15) is 0 Å². The van der Waals surface area contributed by atoms with Gasteiger partial charge < -0.3 is 10.4 Å². The van der Waals surface area contributed by atoms with Crippen LogP contribution in [0, 0.1) is 0 Å². The lowest BCUT2D eigenvalue weighted by molar-refractivity contribution is 0.271. The van der Waals surface area contributed by atoms with Crippen molar-refractivity contribution in [3.05, 3.63) is 30.6 Å². The summed E-state index contributed by atoms with van der Waals surface area (Å²) in [4.78, 5) is 4.20. The molecule has 0 bridgehead atoms. The molecule has 0 radical (unpaired) electrons. The fourth-order valence-electron chi connectivity index (χ4n) is 1.55. The third-order valence-corrected chi connectivity index (χ3v) is 2.49. The number of anilines is 1. The predicted molar refractivity (Wildman–Crippen MR) is 60.0 cm³/mol. The number of rotatable bonds is 4. The number of nitrogens with one attached hydrogen (secondary N) is 1. The first kappa shape index (κ1) is 9.98. The molecule has 2 rings (SSSR count). The lowest BCUT2D eigenvalue weighted by atomic mass is 10.2. The van der Waals surface area contributed by atoms with Crippen LogP contribution in [-0.2, 0) is 0 Å². The highest BCUT2D eigenvalue weighted by Crippen LogP contribution is 2.12. The molecule has 2 aromatic heterocycles. The van der Waals surface area contributed by atoms with Gasteiger partial charge in [-0.3, -0.25) is 4.40 Å². The number of aromatic nitrogens is 2. The fraction of sp³-hybridized carbons (Fsp3) is 0.364. The third-order valence-electron chi connectivity index (χ3n) is 2.49. The number of pyridine rings is 1. The molecule has 0 saturated carbocycles. The highest BCUT2D eigenvalue weighted by Gasteiger charge is 2.06. The van der Waals surface area contributed by atoms with Crippen LogP contribution in [0.5, 0.6) is 0 Å². The van der Waals surface area contributed by atoms with E-state index in [1.54, 1.807) is 6.20 Å². The molecule has 1 unspecified atom stereocenters. The van der Waals surface area contributed by atoms with Crippen molar-refractivity contribution in [2.45, 2.75) is 19.4 Å². The van der Waals surface area contributed by atoms with Crippen LogP contribution >= 0.6 is 0 Å². The molecule has 4 nitrogen and oxygen atoms in total. The van der Waals surface area contributed by atoms with Gasteiger partial charge in [-0.1, -0.05) is 13.0 Å². The molecule has 15 heavy (non-hydrogen) atoms. The highest BCUT2D eigenvalue weighted by atomic mass is 16.3. The van der Waals surface area contributed by atoms with Crippen LogP contribution in [-0.4, -0.2) is 27.1 Å². The molecule has 2 N–H and O–H groups in total. The van der Waals surface area contributed by atoms with Crippen LogP contribution in [0.1, 0.15) is 13.3 Å². The Balaban J connectivity index is 2.30. The Morgan fingerprint density at radius 1 is 1.53 bits per heavy atom. The molecule has 0 aromatic carbocycles. The molecule has 0 aliphatic heterocycles. The van der Waals surface area contributed by atoms with Gasteiger partial charge in [0.05, 0.1) is 12.6 Å². The van der Waals surface area contributed by atoms with Gasteiger partial charge in [-0.15, -0.1) is 0 Å². The number of fused-ring (bicyclic) bond motifs is 1. The van der Waals surface area contributed by atoms with E-state index in [1.807, 2.05) is 35.7 Å². The SMILES string of the molecule is CCC(CO)Nc1cccc2nccn12. The van der Waals surface area contributed by atoms with Crippen molar-refractivity contribution in [1.82, 2.24) is 9.38 Å². The second-order valence-corrected chi connectivity index (χ2v) is 3.50. The van der Waals surface area contributed by atoms with Crippen LogP contribution in [0.25, 0.3) is 5.65 Å². The molecule has 4 heteroatoms. The van der Waals surface area contributed by atoms with Gasteiger partial charge in [0.1, 0.15) is 11.5 Å². The summed E-state index contributed by atoms with van der Waals surface area (Å²) in [5.41, 5.74) is 0.910. The number of imidazole rings is 1. The van der Waals surface area contributed by atoms with Crippen molar-refractivity contribution in [3.8, 4) is 0 Å². The summed E-state index contributed by atoms with van der Waals surface area (Å²) in [7, 11) is 0. The minimum Gasteiger partial charge on any atom is -0.394 e. The molecule has 0 spiro atoms. The van der Waals surface area contributed by atoms with Crippen molar-refractivity contribution in [2.75, 3.05) is 11.9 Å². The van der Waals surface area contributed by atoms with E-state index in [0.717, 1.165) is 17.9 Å². The number of hydrogen-bond acceptors (Lipinski definition) is 3. The smallest absolute Gasteiger partial charge is 0.138 e. The van der Waals surface area contributed by atoms with Gasteiger partial charge >= 0.3 is 0 Å². The monoisotopic (exact) mass is 205 g/mol. The highest BCUT2D eigenvalue weighted by molar-refractivity contribution is 5.50. The first-order valence-electron chi connectivity index (χ1n) is 5.14. The van der Waals surface area contributed by atoms with Crippen LogP contribution in [0.2, 0.25) is 0 Å². The molecular weight excluding hydrogens is 190 g/mol. The summed E-state index contributed by atoms with van der Waals surface area (Å²) in [6.45, 7) is 2.18. The number of hydrogen-bond donors (Lipinski definition) is 2. The van der Waals surface area contributed by atoms with Gasteiger partial charge in [0.15, 0.2) is 0 Å². The molecule has 0 amide bonds. The predicted octanol–water partition coefficient (Wildman–Crippen LogP) is 1.52. The molecule has 0 fully saturated rings. The zero-order chi connectivity index (χ0) is 10.7. The summed E-state index contributed by atoms with van der Waals surface area (Å²) in [5, 5.41) is 12.4. The lowest BCUT2D eigenvalue weighted by Crippen LogP contribution is -2.23. The first-order valence-corrected chi connectivity index (χ1v) is 5.14. The van der Waals surface area contributed by atoms with Crippen LogP contribution in [0.3, 0.4) is 0 Å². The normalized spacial score (nSPS) is 12.9. The maximum Gasteiger partial charge on any atom is 0.138 e. The van der Waals surface area contributed by atoms with E-state index < -0.39 is 0 Å². The first-order chi connectivity index (χ1) is 7.35. The van der Waals surface area contributed by atoms with Gasteiger partial charge in [0.2, 0.25) is 0 Å². The standard InChI is InChI=1S/C11H15N3O/c1-2-9(8-15)13-11-5-3-4-10-12-6-7-14(10)11/h3-7,9,13,15H,2,8H2,1H3. The van der Waals surface area contributed by atoms with E-state index in [4.69, 9.17) is 5.11 Å². The maximum atomic E-state index is 9.12. The van der Waals surface area contributed by atoms with E-state index >= 15 is 0 Å². The van der Waals surface area contributed by atoms with Gasteiger partial charge in [0, 0.05) is 12.4 Å². The van der Waals surface area contributed by atoms with Crippen LogP contribution in [0.15, 0.2) is 30.6 Å². The Kier molecular flexibility index (Phi) is 2.87. The Morgan fingerprint density at radius 3 is 3.13 bits per heavy atom. The molecule has 80 valence electrons. The zero-order valence-corrected chi connectivity index (χ0v) is 8.72. The van der Waals surface area contributed by atoms with E-state index in [-0.39, 0.29) is 12.6 Å². The zero-order valence-electron chi connectivity index (χ0n) is 8.72. The molecule has 1 atom stereocenters. The minimum absolute atomic E-state index is 0.0954. The van der Waals surface area contributed by atoms with Gasteiger partial charge in [-0.05, 0) is 18.6 Å². The Morgan fingerprint density at radius 2 is 2.40 bits per heavy atom. The Labute approximate surface area is 88.6 Å². The molecule has 0 aliphatic rings. The summed E-state index contributed by atoms with van der Waals surface area (Å²) in [5.74, 6) is 0.964. The Bertz CT molecular complexity index is 434. The molecule has 0 aliphatic carbocycles. The van der Waals surface area contributed by atoms with E-state index in [0.29, 0.717) is 0 Å². The maximum absolute atomic E-state index is 9.12. The quantitative estimate of drug-likeness (QED) is 0.795. The number of aliphatic hydroxyl groups excluding tert-OH is 1. The lowest BCUT2D eigenvalue weighted by Gasteiger charge is -2.16. The largest absolute Gasteiger partial charge is 0.394 e. The number of aliphatic hydroxyl groups is 1. The Hall–Kier alpha value is -1.55. The molecule has 2 aromatic rings. The van der Waals surface area contributed by atoms with Crippen LogP contribution in [0.4, 0.5) is 5.82 Å². The van der Waals surface area contributed by atoms with Crippen molar-refractivity contribution in [1.29, 1.82) is 0 Å². The summed E-state index contributed by atoms with van der Waals surface area (Å²) in [6, 6.07) is 5.98. The number of nitrogens with zero attached hydrogens (tertiary/aromatic N) is 2. The van der Waals surface area contributed by atoms with Gasteiger partial charge in [0.25, 0.3) is 0 Å².